The Hall–Kier alpha value is -0.860. The standard InChI is InChI=1S/C15H24N2O/c1-9-13-8-12-7-11(5-6-14(12,3)16-9)15(13,4)17-10(2)18/h11-13H,5-8H2,1-4H3,(H,17,18)/t11-,12-,13+,14+,15+/m1/s1. The maximum atomic E-state index is 11.6. The fourth-order valence-corrected chi connectivity index (χ4v) is 4.90. The molecule has 3 nitrogen and oxygen atoms in total. The number of carbonyl (C=O) groups excluding carboxylic acids is 1. The highest BCUT2D eigenvalue weighted by Crippen LogP contribution is 2.56. The average Bonchev–Trinajstić information content (AvgIpc) is 2.25. The van der Waals surface area contributed by atoms with E-state index in [9.17, 15) is 4.79 Å². The molecule has 0 aromatic carbocycles. The molecule has 3 aliphatic rings. The first-order valence-corrected chi connectivity index (χ1v) is 7.20. The van der Waals surface area contributed by atoms with Crippen molar-refractivity contribution in [3.63, 3.8) is 0 Å². The van der Waals surface area contributed by atoms with Gasteiger partial charge < -0.3 is 5.32 Å². The Balaban J connectivity index is 2.04. The zero-order valence-corrected chi connectivity index (χ0v) is 11.9. The van der Waals surface area contributed by atoms with Gasteiger partial charge in [0, 0.05) is 24.1 Å². The highest BCUT2D eigenvalue weighted by Gasteiger charge is 2.57. The Morgan fingerprint density at radius 2 is 2.06 bits per heavy atom. The van der Waals surface area contributed by atoms with Crippen LogP contribution in [0.1, 0.15) is 53.4 Å². The minimum atomic E-state index is -0.0718. The fraction of sp³-hybridized carbons (Fsp3) is 0.867. The van der Waals surface area contributed by atoms with Crippen molar-refractivity contribution < 1.29 is 4.79 Å². The molecule has 2 saturated carbocycles. The first kappa shape index (κ1) is 12.2. The molecule has 100 valence electrons. The second kappa shape index (κ2) is 3.58. The molecule has 0 aromatic rings. The van der Waals surface area contributed by atoms with Crippen LogP contribution in [0.2, 0.25) is 0 Å². The minimum Gasteiger partial charge on any atom is -0.350 e. The number of fused-ring (bicyclic) bond motifs is 2. The number of rotatable bonds is 1. The number of amides is 1. The van der Waals surface area contributed by atoms with Crippen molar-refractivity contribution in [1.29, 1.82) is 0 Å². The van der Waals surface area contributed by atoms with Gasteiger partial charge in [-0.1, -0.05) is 0 Å². The molecule has 1 amide bonds. The van der Waals surface area contributed by atoms with Gasteiger partial charge in [0.15, 0.2) is 0 Å². The number of carbonyl (C=O) groups is 1. The summed E-state index contributed by atoms with van der Waals surface area (Å²) < 4.78 is 0. The summed E-state index contributed by atoms with van der Waals surface area (Å²) in [6.45, 7) is 8.37. The van der Waals surface area contributed by atoms with Crippen LogP contribution < -0.4 is 5.32 Å². The van der Waals surface area contributed by atoms with Crippen molar-refractivity contribution in [2.24, 2.45) is 22.7 Å². The Kier molecular flexibility index (Phi) is 2.43. The van der Waals surface area contributed by atoms with E-state index in [-0.39, 0.29) is 17.0 Å². The van der Waals surface area contributed by atoms with Crippen molar-refractivity contribution in [1.82, 2.24) is 5.32 Å². The molecule has 3 rings (SSSR count). The van der Waals surface area contributed by atoms with Gasteiger partial charge in [-0.25, -0.2) is 0 Å². The van der Waals surface area contributed by atoms with E-state index < -0.39 is 0 Å². The summed E-state index contributed by atoms with van der Waals surface area (Å²) >= 11 is 0. The molecular weight excluding hydrogens is 224 g/mol. The molecular formula is C15H24N2O. The van der Waals surface area contributed by atoms with E-state index in [1.165, 1.54) is 31.4 Å². The van der Waals surface area contributed by atoms with E-state index in [4.69, 9.17) is 4.99 Å². The molecule has 0 unspecified atom stereocenters. The lowest BCUT2D eigenvalue weighted by Gasteiger charge is -2.60. The van der Waals surface area contributed by atoms with Gasteiger partial charge in [0.25, 0.3) is 0 Å². The summed E-state index contributed by atoms with van der Waals surface area (Å²) in [7, 11) is 0. The molecule has 1 N–H and O–H groups in total. The lowest BCUT2D eigenvalue weighted by Crippen LogP contribution is -2.66. The van der Waals surface area contributed by atoms with Gasteiger partial charge in [0.2, 0.25) is 5.91 Å². The number of hydrogen-bond acceptors (Lipinski definition) is 2. The van der Waals surface area contributed by atoms with E-state index >= 15 is 0 Å². The van der Waals surface area contributed by atoms with E-state index in [2.05, 4.69) is 26.1 Å². The third kappa shape index (κ3) is 1.49. The van der Waals surface area contributed by atoms with Crippen LogP contribution in [-0.2, 0) is 4.79 Å². The molecule has 5 atom stereocenters. The molecule has 0 saturated heterocycles. The van der Waals surface area contributed by atoms with Crippen LogP contribution in [0.25, 0.3) is 0 Å². The SMILES string of the molecule is CC(=O)N[C@@]1(C)[C@@H]2CC[C@]3(C)N=C(C)[C@@H]1C[C@H]3C2. The summed E-state index contributed by atoms with van der Waals surface area (Å²) in [6, 6.07) is 0. The molecule has 3 bridgehead atoms. The highest BCUT2D eigenvalue weighted by atomic mass is 16.1. The van der Waals surface area contributed by atoms with Gasteiger partial charge in [0.05, 0.1) is 5.54 Å². The third-order valence-corrected chi connectivity index (χ3v) is 5.92. The molecule has 1 heterocycles. The molecule has 0 aromatic heterocycles. The minimum absolute atomic E-state index is 0.0718. The lowest BCUT2D eigenvalue weighted by atomic mass is 9.51. The van der Waals surface area contributed by atoms with Crippen LogP contribution in [0, 0.1) is 17.8 Å². The number of nitrogens with zero attached hydrogens (tertiary/aromatic N) is 1. The third-order valence-electron chi connectivity index (χ3n) is 5.92. The largest absolute Gasteiger partial charge is 0.350 e. The van der Waals surface area contributed by atoms with Gasteiger partial charge in [-0.15, -0.1) is 0 Å². The topological polar surface area (TPSA) is 41.5 Å². The first-order valence-electron chi connectivity index (χ1n) is 7.20. The predicted octanol–water partition coefficient (Wildman–Crippen LogP) is 2.55. The van der Waals surface area contributed by atoms with Gasteiger partial charge in [-0.2, -0.15) is 0 Å². The second-order valence-corrected chi connectivity index (χ2v) is 7.03. The van der Waals surface area contributed by atoms with Gasteiger partial charge >= 0.3 is 0 Å². The summed E-state index contributed by atoms with van der Waals surface area (Å²) in [6.07, 6.45) is 4.83. The highest BCUT2D eigenvalue weighted by molar-refractivity contribution is 5.88. The number of nitrogens with one attached hydrogen (secondary N) is 1. The van der Waals surface area contributed by atoms with Crippen LogP contribution in [0.5, 0.6) is 0 Å². The van der Waals surface area contributed by atoms with E-state index in [0.717, 1.165) is 5.92 Å². The predicted molar refractivity (Wildman–Crippen MR) is 72.7 cm³/mol. The quantitative estimate of drug-likeness (QED) is 0.761. The monoisotopic (exact) mass is 248 g/mol. The normalized spacial score (nSPS) is 49.8. The Bertz CT molecular complexity index is 430. The maximum Gasteiger partial charge on any atom is 0.217 e. The van der Waals surface area contributed by atoms with Gasteiger partial charge in [-0.05, 0) is 58.3 Å². The Morgan fingerprint density at radius 1 is 1.33 bits per heavy atom. The van der Waals surface area contributed by atoms with Crippen molar-refractivity contribution in [2.75, 3.05) is 0 Å². The zero-order valence-electron chi connectivity index (χ0n) is 11.9. The molecule has 0 spiro atoms. The van der Waals surface area contributed by atoms with E-state index in [0.29, 0.717) is 11.8 Å². The fourth-order valence-electron chi connectivity index (χ4n) is 4.90. The van der Waals surface area contributed by atoms with Crippen LogP contribution in [0.15, 0.2) is 4.99 Å². The smallest absolute Gasteiger partial charge is 0.217 e. The number of hydrogen-bond donors (Lipinski definition) is 1. The van der Waals surface area contributed by atoms with Crippen molar-refractivity contribution >= 4 is 11.6 Å². The summed E-state index contributed by atoms with van der Waals surface area (Å²) in [4.78, 5) is 16.6. The van der Waals surface area contributed by atoms with E-state index in [1.807, 2.05) is 0 Å². The van der Waals surface area contributed by atoms with Crippen LogP contribution in [0.4, 0.5) is 0 Å². The summed E-state index contributed by atoms with van der Waals surface area (Å²) in [5.74, 6) is 1.90. The van der Waals surface area contributed by atoms with Gasteiger partial charge in [0.1, 0.15) is 0 Å². The molecule has 0 radical (unpaired) electrons. The van der Waals surface area contributed by atoms with Crippen LogP contribution in [-0.4, -0.2) is 22.7 Å². The number of aliphatic imine (C=N–C) groups is 1. The van der Waals surface area contributed by atoms with E-state index in [1.54, 1.807) is 6.92 Å². The Morgan fingerprint density at radius 3 is 2.72 bits per heavy atom. The zero-order chi connectivity index (χ0) is 13.1. The van der Waals surface area contributed by atoms with Crippen molar-refractivity contribution in [3.05, 3.63) is 0 Å². The lowest BCUT2D eigenvalue weighted by molar-refractivity contribution is -0.123. The van der Waals surface area contributed by atoms with Crippen LogP contribution in [0.3, 0.4) is 0 Å². The molecule has 3 heteroatoms. The van der Waals surface area contributed by atoms with Crippen molar-refractivity contribution in [3.8, 4) is 0 Å². The summed E-state index contributed by atoms with van der Waals surface area (Å²) in [5.41, 5.74) is 1.38. The first-order chi connectivity index (χ1) is 8.35. The molecule has 18 heavy (non-hydrogen) atoms. The van der Waals surface area contributed by atoms with Gasteiger partial charge in [-0.3, -0.25) is 9.79 Å². The summed E-state index contributed by atoms with van der Waals surface area (Å²) in [5, 5.41) is 3.26. The molecule has 1 aliphatic heterocycles. The molecule has 2 aliphatic carbocycles. The second-order valence-electron chi connectivity index (χ2n) is 7.03. The molecule has 2 fully saturated rings. The van der Waals surface area contributed by atoms with Crippen molar-refractivity contribution in [2.45, 2.75) is 64.5 Å². The Labute approximate surface area is 109 Å². The maximum absolute atomic E-state index is 11.6. The average molecular weight is 248 g/mol. The van der Waals surface area contributed by atoms with Crippen LogP contribution >= 0.6 is 0 Å².